The van der Waals surface area contributed by atoms with Gasteiger partial charge in [0.2, 0.25) is 0 Å². The molecule has 0 radical (unpaired) electrons. The summed E-state index contributed by atoms with van der Waals surface area (Å²) in [6.07, 6.45) is 5.36. The van der Waals surface area contributed by atoms with Gasteiger partial charge in [-0.25, -0.2) is 0 Å². The lowest BCUT2D eigenvalue weighted by molar-refractivity contribution is 0.193. The minimum atomic E-state index is 0.776. The zero-order valence-electron chi connectivity index (χ0n) is 12.0. The molecule has 0 spiro atoms. The maximum absolute atomic E-state index is 9.01. The highest BCUT2D eigenvalue weighted by molar-refractivity contribution is 5.32. The summed E-state index contributed by atoms with van der Waals surface area (Å²) in [5.74, 6) is 0.795. The molecule has 0 amide bonds. The Morgan fingerprint density at radius 1 is 1.30 bits per heavy atom. The zero-order valence-corrected chi connectivity index (χ0v) is 12.0. The van der Waals surface area contributed by atoms with Crippen LogP contribution in [0.3, 0.4) is 0 Å². The van der Waals surface area contributed by atoms with Crippen LogP contribution >= 0.6 is 0 Å². The maximum Gasteiger partial charge on any atom is 0.0991 e. The normalized spacial score (nSPS) is 22.7. The van der Waals surface area contributed by atoms with E-state index in [1.165, 1.54) is 50.9 Å². The molecule has 0 aromatic heterocycles. The Kier molecular flexibility index (Phi) is 4.34. The molecule has 3 heteroatoms. The van der Waals surface area contributed by atoms with Crippen molar-refractivity contribution in [3.05, 3.63) is 35.4 Å². The number of rotatable bonds is 5. The third kappa shape index (κ3) is 3.59. The topological polar surface area (TPSA) is 39.1 Å². The van der Waals surface area contributed by atoms with Gasteiger partial charge in [0.05, 0.1) is 11.6 Å². The summed E-state index contributed by atoms with van der Waals surface area (Å²) in [4.78, 5) is 2.63. The molecule has 1 N–H and O–H groups in total. The fourth-order valence-electron chi connectivity index (χ4n) is 3.17. The lowest BCUT2D eigenvalue weighted by atomic mass is 9.98. The van der Waals surface area contributed by atoms with E-state index in [1.807, 2.05) is 18.2 Å². The minimum absolute atomic E-state index is 0.776. The van der Waals surface area contributed by atoms with E-state index in [0.717, 1.165) is 24.1 Å². The fraction of sp³-hybridized carbons (Fsp3) is 0.588. The van der Waals surface area contributed by atoms with Crippen LogP contribution in [0.4, 0.5) is 0 Å². The first-order valence-corrected chi connectivity index (χ1v) is 7.79. The van der Waals surface area contributed by atoms with E-state index in [1.54, 1.807) is 0 Å². The molecule has 3 nitrogen and oxygen atoms in total. The summed E-state index contributed by atoms with van der Waals surface area (Å²) in [5.41, 5.74) is 2.05. The standard InChI is InChI=1S/C17H23N3/c18-10-14-3-1-4-15(9-14)12-20(17-6-7-17)13-16-5-2-8-19-11-16/h1,3-4,9,16-17,19H,2,5-8,11-13H2. The van der Waals surface area contributed by atoms with Crippen molar-refractivity contribution in [3.8, 4) is 6.07 Å². The number of benzene rings is 1. The molecule has 1 heterocycles. The van der Waals surface area contributed by atoms with Crippen LogP contribution in [0.15, 0.2) is 24.3 Å². The quantitative estimate of drug-likeness (QED) is 0.892. The monoisotopic (exact) mass is 269 g/mol. The predicted molar refractivity (Wildman–Crippen MR) is 80.2 cm³/mol. The molecule has 2 aliphatic rings. The van der Waals surface area contributed by atoms with E-state index < -0.39 is 0 Å². The maximum atomic E-state index is 9.01. The molecule has 1 aromatic rings. The van der Waals surface area contributed by atoms with Gasteiger partial charge in [0.15, 0.2) is 0 Å². The molecule has 2 fully saturated rings. The summed E-state index contributed by atoms with van der Waals surface area (Å²) in [7, 11) is 0. The number of piperidine rings is 1. The minimum Gasteiger partial charge on any atom is -0.316 e. The molecule has 20 heavy (non-hydrogen) atoms. The summed E-state index contributed by atoms with van der Waals surface area (Å²) in [5, 5.41) is 12.5. The van der Waals surface area contributed by atoms with E-state index in [-0.39, 0.29) is 0 Å². The molecular formula is C17H23N3. The number of hydrogen-bond acceptors (Lipinski definition) is 3. The molecule has 1 atom stereocenters. The number of nitriles is 1. The van der Waals surface area contributed by atoms with Gasteiger partial charge in [-0.2, -0.15) is 5.26 Å². The summed E-state index contributed by atoms with van der Waals surface area (Å²) in [6, 6.07) is 11.1. The van der Waals surface area contributed by atoms with Crippen LogP contribution in [-0.4, -0.2) is 30.6 Å². The van der Waals surface area contributed by atoms with E-state index in [4.69, 9.17) is 5.26 Å². The van der Waals surface area contributed by atoms with Gasteiger partial charge < -0.3 is 5.32 Å². The molecule has 3 rings (SSSR count). The lowest BCUT2D eigenvalue weighted by Crippen LogP contribution is -2.39. The Bertz CT molecular complexity index is 481. The molecule has 106 valence electrons. The summed E-state index contributed by atoms with van der Waals surface area (Å²) in [6.45, 7) is 4.55. The summed E-state index contributed by atoms with van der Waals surface area (Å²) >= 11 is 0. The first-order valence-electron chi connectivity index (χ1n) is 7.79. The molecule has 0 bridgehead atoms. The van der Waals surface area contributed by atoms with Crippen molar-refractivity contribution in [2.45, 2.75) is 38.3 Å². The van der Waals surface area contributed by atoms with E-state index >= 15 is 0 Å². The third-order valence-electron chi connectivity index (χ3n) is 4.40. The van der Waals surface area contributed by atoms with Crippen molar-refractivity contribution in [2.75, 3.05) is 19.6 Å². The first kappa shape index (κ1) is 13.6. The SMILES string of the molecule is N#Cc1cccc(CN(CC2CCCNC2)C2CC2)c1. The van der Waals surface area contributed by atoms with Gasteiger partial charge in [-0.15, -0.1) is 0 Å². The van der Waals surface area contributed by atoms with Gasteiger partial charge >= 0.3 is 0 Å². The largest absolute Gasteiger partial charge is 0.316 e. The van der Waals surface area contributed by atoms with Gasteiger partial charge in [-0.3, -0.25) is 4.90 Å². The Morgan fingerprint density at radius 3 is 2.90 bits per heavy atom. The van der Waals surface area contributed by atoms with Crippen molar-refractivity contribution < 1.29 is 0 Å². The van der Waals surface area contributed by atoms with Crippen LogP contribution in [-0.2, 0) is 6.54 Å². The Labute approximate surface area is 121 Å². The van der Waals surface area contributed by atoms with Crippen LogP contribution in [0.5, 0.6) is 0 Å². The van der Waals surface area contributed by atoms with Crippen molar-refractivity contribution in [3.63, 3.8) is 0 Å². The van der Waals surface area contributed by atoms with Crippen molar-refractivity contribution in [2.24, 2.45) is 5.92 Å². The number of nitrogens with one attached hydrogen (secondary N) is 1. The van der Waals surface area contributed by atoms with Crippen LogP contribution in [0.2, 0.25) is 0 Å². The Morgan fingerprint density at radius 2 is 2.20 bits per heavy atom. The molecule has 1 saturated heterocycles. The second-order valence-electron chi connectivity index (χ2n) is 6.19. The van der Waals surface area contributed by atoms with E-state index in [2.05, 4.69) is 22.4 Å². The van der Waals surface area contributed by atoms with Gasteiger partial charge in [-0.05, 0) is 62.4 Å². The summed E-state index contributed by atoms with van der Waals surface area (Å²) < 4.78 is 0. The molecule has 1 saturated carbocycles. The molecule has 1 aliphatic heterocycles. The van der Waals surface area contributed by atoms with Crippen LogP contribution < -0.4 is 5.32 Å². The highest BCUT2D eigenvalue weighted by Crippen LogP contribution is 2.30. The zero-order chi connectivity index (χ0) is 13.8. The van der Waals surface area contributed by atoms with Crippen molar-refractivity contribution in [1.82, 2.24) is 10.2 Å². The van der Waals surface area contributed by atoms with Gasteiger partial charge in [0.1, 0.15) is 0 Å². The molecule has 1 aromatic carbocycles. The average Bonchev–Trinajstić information content (AvgIpc) is 3.33. The van der Waals surface area contributed by atoms with Crippen LogP contribution in [0.25, 0.3) is 0 Å². The predicted octanol–water partition coefficient (Wildman–Crippen LogP) is 2.52. The Balaban J connectivity index is 1.63. The number of hydrogen-bond donors (Lipinski definition) is 1. The van der Waals surface area contributed by atoms with Crippen LogP contribution in [0, 0.1) is 17.2 Å². The van der Waals surface area contributed by atoms with E-state index in [0.29, 0.717) is 0 Å². The first-order chi connectivity index (χ1) is 9.85. The molecule has 1 unspecified atom stereocenters. The Hall–Kier alpha value is -1.37. The highest BCUT2D eigenvalue weighted by atomic mass is 15.2. The smallest absolute Gasteiger partial charge is 0.0991 e. The van der Waals surface area contributed by atoms with Crippen LogP contribution in [0.1, 0.15) is 36.8 Å². The highest BCUT2D eigenvalue weighted by Gasteiger charge is 2.30. The number of nitrogens with zero attached hydrogens (tertiary/aromatic N) is 2. The molecular weight excluding hydrogens is 246 g/mol. The van der Waals surface area contributed by atoms with Gasteiger partial charge in [-0.1, -0.05) is 12.1 Å². The van der Waals surface area contributed by atoms with Gasteiger partial charge in [0.25, 0.3) is 0 Å². The average molecular weight is 269 g/mol. The fourth-order valence-corrected chi connectivity index (χ4v) is 3.17. The van der Waals surface area contributed by atoms with Gasteiger partial charge in [0, 0.05) is 19.1 Å². The van der Waals surface area contributed by atoms with Crippen molar-refractivity contribution in [1.29, 1.82) is 5.26 Å². The van der Waals surface area contributed by atoms with E-state index in [9.17, 15) is 0 Å². The third-order valence-corrected chi connectivity index (χ3v) is 4.40. The molecule has 1 aliphatic carbocycles. The van der Waals surface area contributed by atoms with Crippen molar-refractivity contribution >= 4 is 0 Å². The second kappa shape index (κ2) is 6.39. The lowest BCUT2D eigenvalue weighted by Gasteiger charge is -2.30. The second-order valence-corrected chi connectivity index (χ2v) is 6.19.